The zero-order chi connectivity index (χ0) is 25.7. The number of aryl methyl sites for hydroxylation is 1. The highest BCUT2D eigenvalue weighted by atomic mass is 19.4. The van der Waals surface area contributed by atoms with Gasteiger partial charge < -0.3 is 15.3 Å². The number of hydrogen-bond donors (Lipinski definition) is 3. The van der Waals surface area contributed by atoms with E-state index in [-0.39, 0.29) is 47.8 Å². The van der Waals surface area contributed by atoms with Crippen LogP contribution < -0.4 is 5.32 Å². The molecule has 9 nitrogen and oxygen atoms in total. The van der Waals surface area contributed by atoms with Crippen LogP contribution in [0.25, 0.3) is 11.4 Å². The summed E-state index contributed by atoms with van der Waals surface area (Å²) in [5.74, 6) is -0.686. The normalized spacial score (nSPS) is 27.6. The summed E-state index contributed by atoms with van der Waals surface area (Å²) in [5, 5.41) is 19.8. The number of halogens is 3. The highest BCUT2D eigenvalue weighted by molar-refractivity contribution is 5.94. The molecule has 3 heterocycles. The molecular weight excluding hydrogens is 477 g/mol. The number of likely N-dealkylation sites (tertiary alicyclic amines) is 1. The molecule has 0 aromatic carbocycles. The van der Waals surface area contributed by atoms with Gasteiger partial charge in [-0.1, -0.05) is 0 Å². The molecule has 12 heteroatoms. The lowest BCUT2D eigenvalue weighted by molar-refractivity contribution is -0.270. The molecular formula is C24H29F3N6O3. The Hall–Kier alpha value is -3.02. The third-order valence-corrected chi connectivity index (χ3v) is 7.91. The molecule has 3 aliphatic rings. The Morgan fingerprint density at radius 3 is 2.50 bits per heavy atom. The van der Waals surface area contributed by atoms with Crippen LogP contribution >= 0.6 is 0 Å². The first-order chi connectivity index (χ1) is 17.0. The number of hydrogen-bond acceptors (Lipinski definition) is 6. The van der Waals surface area contributed by atoms with Crippen molar-refractivity contribution < 1.29 is 27.9 Å². The Labute approximate surface area is 205 Å². The van der Waals surface area contributed by atoms with Gasteiger partial charge in [-0.2, -0.15) is 18.3 Å². The number of carbonyl (C=O) groups is 2. The van der Waals surface area contributed by atoms with Crippen molar-refractivity contribution >= 4 is 11.8 Å². The van der Waals surface area contributed by atoms with E-state index in [0.717, 1.165) is 18.5 Å². The third kappa shape index (κ3) is 4.58. The number of aromatic amines is 1. The number of alkyl halides is 3. The number of nitrogens with one attached hydrogen (secondary N) is 2. The molecule has 2 aromatic rings. The van der Waals surface area contributed by atoms with Crippen LogP contribution in [0, 0.1) is 12.8 Å². The maximum atomic E-state index is 13.3. The molecule has 1 spiro atoms. The van der Waals surface area contributed by atoms with Gasteiger partial charge in [-0.15, -0.1) is 0 Å². The molecule has 3 fully saturated rings. The molecule has 1 atom stereocenters. The second-order valence-electron chi connectivity index (χ2n) is 10.4. The van der Waals surface area contributed by atoms with Crippen LogP contribution in [0.1, 0.15) is 67.5 Å². The Morgan fingerprint density at radius 1 is 1.14 bits per heavy atom. The molecule has 2 aromatic heterocycles. The molecule has 0 bridgehead atoms. The van der Waals surface area contributed by atoms with Crippen molar-refractivity contribution in [1.29, 1.82) is 0 Å². The number of amides is 2. The highest BCUT2D eigenvalue weighted by Crippen LogP contribution is 2.50. The van der Waals surface area contributed by atoms with Gasteiger partial charge in [0.05, 0.1) is 11.4 Å². The van der Waals surface area contributed by atoms with Gasteiger partial charge in [0.1, 0.15) is 6.33 Å². The van der Waals surface area contributed by atoms with Gasteiger partial charge in [-0.05, 0) is 70.4 Å². The number of H-pyrrole nitrogens is 1. The van der Waals surface area contributed by atoms with E-state index < -0.39 is 24.6 Å². The molecule has 1 saturated heterocycles. The summed E-state index contributed by atoms with van der Waals surface area (Å²) in [5.41, 5.74) is -0.713. The number of rotatable bonds is 4. The van der Waals surface area contributed by atoms with Crippen LogP contribution in [0.2, 0.25) is 0 Å². The summed E-state index contributed by atoms with van der Waals surface area (Å²) in [6, 6.07) is 3.08. The van der Waals surface area contributed by atoms with E-state index >= 15 is 0 Å². The van der Waals surface area contributed by atoms with Crippen molar-refractivity contribution in [3.8, 4) is 11.4 Å². The summed E-state index contributed by atoms with van der Waals surface area (Å²) >= 11 is 0. The molecule has 1 aliphatic heterocycles. The molecule has 36 heavy (non-hydrogen) atoms. The van der Waals surface area contributed by atoms with E-state index in [2.05, 4.69) is 25.5 Å². The van der Waals surface area contributed by atoms with Gasteiger partial charge in [0.2, 0.25) is 5.91 Å². The monoisotopic (exact) mass is 506 g/mol. The van der Waals surface area contributed by atoms with E-state index in [0.29, 0.717) is 30.8 Å². The molecule has 0 radical (unpaired) electrons. The molecule has 3 N–H and O–H groups in total. The second-order valence-corrected chi connectivity index (χ2v) is 10.4. The zero-order valence-electron chi connectivity index (χ0n) is 19.9. The third-order valence-electron chi connectivity index (χ3n) is 7.91. The maximum absolute atomic E-state index is 13.3. The van der Waals surface area contributed by atoms with Gasteiger partial charge in [0.15, 0.2) is 11.3 Å². The Morgan fingerprint density at radius 2 is 1.86 bits per heavy atom. The SMILES string of the molecule is Cc1cc(-c2cc(C(=O)N3CC[C@H](C(=O)N[C@H]4CC[C@@](O)(C(F)(F)F)CC4)CC34CC4)n[nH]2)ncn1. The van der Waals surface area contributed by atoms with Crippen LogP contribution in [-0.4, -0.2) is 71.9 Å². The Kier molecular flexibility index (Phi) is 6.05. The minimum Gasteiger partial charge on any atom is -0.380 e. The summed E-state index contributed by atoms with van der Waals surface area (Å²) in [7, 11) is 0. The number of aromatic nitrogens is 4. The molecule has 2 saturated carbocycles. The fourth-order valence-electron chi connectivity index (χ4n) is 5.50. The van der Waals surface area contributed by atoms with Crippen molar-refractivity contribution in [3.05, 3.63) is 29.8 Å². The first kappa shape index (κ1) is 24.7. The van der Waals surface area contributed by atoms with Gasteiger partial charge in [0.25, 0.3) is 5.91 Å². The number of aliphatic hydroxyl groups is 1. The van der Waals surface area contributed by atoms with Crippen molar-refractivity contribution in [2.75, 3.05) is 6.54 Å². The summed E-state index contributed by atoms with van der Waals surface area (Å²) in [4.78, 5) is 36.3. The van der Waals surface area contributed by atoms with Crippen LogP contribution in [0.4, 0.5) is 13.2 Å². The molecule has 0 unspecified atom stereocenters. The minimum atomic E-state index is -4.66. The first-order valence-electron chi connectivity index (χ1n) is 12.3. The van der Waals surface area contributed by atoms with E-state index in [1.54, 1.807) is 12.1 Å². The molecule has 2 aliphatic carbocycles. The Balaban J connectivity index is 1.19. The zero-order valence-corrected chi connectivity index (χ0v) is 19.9. The number of nitrogens with zero attached hydrogens (tertiary/aromatic N) is 4. The average Bonchev–Trinajstić information content (AvgIpc) is 3.40. The lowest BCUT2D eigenvalue weighted by Gasteiger charge is -2.41. The van der Waals surface area contributed by atoms with Gasteiger partial charge in [-0.25, -0.2) is 9.97 Å². The minimum absolute atomic E-state index is 0.0809. The van der Waals surface area contributed by atoms with E-state index in [4.69, 9.17) is 0 Å². The number of piperidine rings is 1. The lowest BCUT2D eigenvalue weighted by Crippen LogP contribution is -2.54. The van der Waals surface area contributed by atoms with Crippen LogP contribution in [0.15, 0.2) is 18.5 Å². The quantitative estimate of drug-likeness (QED) is 0.586. The van der Waals surface area contributed by atoms with Crippen molar-refractivity contribution in [2.24, 2.45) is 5.92 Å². The summed E-state index contributed by atoms with van der Waals surface area (Å²) < 4.78 is 39.1. The Bertz CT molecular complexity index is 1150. The van der Waals surface area contributed by atoms with Crippen LogP contribution in [0.5, 0.6) is 0 Å². The van der Waals surface area contributed by atoms with E-state index in [1.165, 1.54) is 6.33 Å². The standard InChI is InChI=1S/C24H29F3N6O3/c1-14-10-17(29-13-28-14)18-11-19(32-31-18)21(35)33-9-4-15(12-22(33)7-8-22)20(34)30-16-2-5-23(36,6-3-16)24(25,26)27/h10-11,13,15-16,36H,2-9,12H2,1H3,(H,30,34)(H,31,32)/t15-,16-,23-/m0/s1. The second kappa shape index (κ2) is 8.82. The topological polar surface area (TPSA) is 124 Å². The van der Waals surface area contributed by atoms with Crippen molar-refractivity contribution in [2.45, 2.75) is 81.6 Å². The first-order valence-corrected chi connectivity index (χ1v) is 12.3. The van der Waals surface area contributed by atoms with Crippen LogP contribution in [0.3, 0.4) is 0 Å². The summed E-state index contributed by atoms with van der Waals surface area (Å²) in [6.45, 7) is 2.26. The molecule has 2 amide bonds. The predicted octanol–water partition coefficient (Wildman–Crippen LogP) is 2.91. The average molecular weight is 507 g/mol. The fraction of sp³-hybridized carbons (Fsp3) is 0.625. The van der Waals surface area contributed by atoms with Crippen LogP contribution in [-0.2, 0) is 4.79 Å². The number of carbonyl (C=O) groups excluding carboxylic acids is 2. The largest absolute Gasteiger partial charge is 0.417 e. The van der Waals surface area contributed by atoms with Gasteiger partial charge in [0, 0.05) is 29.7 Å². The fourth-order valence-corrected chi connectivity index (χ4v) is 5.50. The highest BCUT2D eigenvalue weighted by Gasteiger charge is 2.56. The predicted molar refractivity (Wildman–Crippen MR) is 121 cm³/mol. The molecule has 194 valence electrons. The molecule has 5 rings (SSSR count). The van der Waals surface area contributed by atoms with E-state index in [1.807, 2.05) is 11.8 Å². The van der Waals surface area contributed by atoms with Crippen molar-refractivity contribution in [1.82, 2.24) is 30.4 Å². The van der Waals surface area contributed by atoms with Gasteiger partial charge >= 0.3 is 6.18 Å². The van der Waals surface area contributed by atoms with E-state index in [9.17, 15) is 27.9 Å². The van der Waals surface area contributed by atoms with Gasteiger partial charge in [-0.3, -0.25) is 14.7 Å². The lowest BCUT2D eigenvalue weighted by atomic mass is 9.81. The smallest absolute Gasteiger partial charge is 0.380 e. The van der Waals surface area contributed by atoms with Crippen molar-refractivity contribution in [3.63, 3.8) is 0 Å². The maximum Gasteiger partial charge on any atom is 0.417 e. The summed E-state index contributed by atoms with van der Waals surface area (Å²) in [6.07, 6.45) is -1.30.